The number of nitrogens with zero attached hydrogens (tertiary/aromatic N) is 2. The predicted molar refractivity (Wildman–Crippen MR) is 215 cm³/mol. The molecule has 0 aliphatic rings. The third kappa shape index (κ3) is 4.25. The quantitative estimate of drug-likeness (QED) is 0.189. The molecule has 0 radical (unpaired) electrons. The summed E-state index contributed by atoms with van der Waals surface area (Å²) in [5, 5.41) is 12.0. The molecule has 2 heterocycles. The van der Waals surface area contributed by atoms with E-state index in [0.29, 0.717) is 0 Å². The highest BCUT2D eigenvalue weighted by Gasteiger charge is 2.20. The first-order valence-corrected chi connectivity index (χ1v) is 17.4. The second kappa shape index (κ2) is 10.8. The summed E-state index contributed by atoms with van der Waals surface area (Å²) in [5.41, 5.74) is 8.61. The van der Waals surface area contributed by atoms with Gasteiger partial charge in [-0.1, -0.05) is 109 Å². The van der Waals surface area contributed by atoms with E-state index >= 15 is 0 Å². The third-order valence-electron chi connectivity index (χ3n) is 10.5. The minimum absolute atomic E-state index is 0.887. The van der Waals surface area contributed by atoms with Crippen LogP contribution in [0, 0.1) is 0 Å². The molecule has 3 heteroatoms. The van der Waals surface area contributed by atoms with Gasteiger partial charge in [-0.05, 0) is 99.7 Å². The van der Waals surface area contributed by atoms with Crippen molar-refractivity contribution in [3.63, 3.8) is 0 Å². The van der Waals surface area contributed by atoms with E-state index in [1.54, 1.807) is 0 Å². The van der Waals surface area contributed by atoms with Crippen LogP contribution in [-0.4, -0.2) is 4.57 Å². The molecule has 11 aromatic rings. The molecule has 11 rings (SSSR count). The first-order chi connectivity index (χ1) is 25.3. The molecule has 0 amide bonds. The third-order valence-corrected chi connectivity index (χ3v) is 10.5. The summed E-state index contributed by atoms with van der Waals surface area (Å²) < 4.78 is 8.93. The Labute approximate surface area is 293 Å². The van der Waals surface area contributed by atoms with E-state index in [0.717, 1.165) is 50.1 Å². The van der Waals surface area contributed by atoms with Crippen molar-refractivity contribution in [1.82, 2.24) is 4.57 Å². The van der Waals surface area contributed by atoms with Crippen LogP contribution in [0.1, 0.15) is 0 Å². The Kier molecular flexibility index (Phi) is 5.96. The number of para-hydroxylation sites is 1. The summed E-state index contributed by atoms with van der Waals surface area (Å²) in [5.74, 6) is 0. The van der Waals surface area contributed by atoms with Crippen molar-refractivity contribution in [2.45, 2.75) is 0 Å². The Morgan fingerprint density at radius 3 is 1.84 bits per heavy atom. The van der Waals surface area contributed by atoms with Crippen LogP contribution in [0.4, 0.5) is 17.1 Å². The van der Waals surface area contributed by atoms with Gasteiger partial charge in [0.05, 0.1) is 11.0 Å². The molecule has 9 aromatic carbocycles. The number of benzene rings is 9. The van der Waals surface area contributed by atoms with E-state index in [9.17, 15) is 0 Å². The number of rotatable bonds is 4. The van der Waals surface area contributed by atoms with Crippen LogP contribution in [0.2, 0.25) is 0 Å². The number of aromatic nitrogens is 1. The fraction of sp³-hybridized carbons (Fsp3) is 0. The molecule has 0 aliphatic carbocycles. The van der Waals surface area contributed by atoms with Gasteiger partial charge in [0.25, 0.3) is 0 Å². The highest BCUT2D eigenvalue weighted by Crippen LogP contribution is 2.44. The van der Waals surface area contributed by atoms with Crippen molar-refractivity contribution in [2.75, 3.05) is 4.90 Å². The molecule has 0 unspecified atom stereocenters. The zero-order valence-corrected chi connectivity index (χ0v) is 27.6. The molecule has 0 spiro atoms. The van der Waals surface area contributed by atoms with Crippen molar-refractivity contribution in [2.24, 2.45) is 0 Å². The van der Waals surface area contributed by atoms with Crippen LogP contribution < -0.4 is 4.90 Å². The van der Waals surface area contributed by atoms with Gasteiger partial charge < -0.3 is 13.9 Å². The lowest BCUT2D eigenvalue weighted by atomic mass is 10.0. The maximum Gasteiger partial charge on any atom is 0.143 e. The minimum Gasteiger partial charge on any atom is -0.455 e. The zero-order valence-electron chi connectivity index (χ0n) is 27.6. The maximum atomic E-state index is 6.51. The topological polar surface area (TPSA) is 21.3 Å². The fourth-order valence-electron chi connectivity index (χ4n) is 8.17. The van der Waals surface area contributed by atoms with Gasteiger partial charge in [-0.25, -0.2) is 0 Å². The Hall–Kier alpha value is -6.84. The molecular weight excluding hydrogens is 621 g/mol. The van der Waals surface area contributed by atoms with Gasteiger partial charge in [0.2, 0.25) is 0 Å². The van der Waals surface area contributed by atoms with E-state index < -0.39 is 0 Å². The van der Waals surface area contributed by atoms with Crippen LogP contribution in [-0.2, 0) is 0 Å². The average molecular weight is 651 g/mol. The van der Waals surface area contributed by atoms with Gasteiger partial charge in [-0.15, -0.1) is 0 Å². The van der Waals surface area contributed by atoms with E-state index in [1.807, 2.05) is 0 Å². The van der Waals surface area contributed by atoms with E-state index in [-0.39, 0.29) is 0 Å². The van der Waals surface area contributed by atoms with Crippen molar-refractivity contribution in [3.8, 4) is 5.69 Å². The molecule has 0 saturated heterocycles. The second-order valence-corrected chi connectivity index (χ2v) is 13.4. The lowest BCUT2D eigenvalue weighted by Gasteiger charge is -2.25. The largest absolute Gasteiger partial charge is 0.455 e. The first kappa shape index (κ1) is 28.0. The van der Waals surface area contributed by atoms with Crippen LogP contribution in [0.15, 0.2) is 186 Å². The minimum atomic E-state index is 0.887. The number of anilines is 3. The Morgan fingerprint density at radius 1 is 0.373 bits per heavy atom. The highest BCUT2D eigenvalue weighted by molar-refractivity contribution is 6.22. The lowest BCUT2D eigenvalue weighted by Crippen LogP contribution is -2.09. The van der Waals surface area contributed by atoms with Gasteiger partial charge in [0, 0.05) is 49.7 Å². The molecule has 0 bridgehead atoms. The monoisotopic (exact) mass is 650 g/mol. The molecule has 0 N–H and O–H groups in total. The second-order valence-electron chi connectivity index (χ2n) is 13.4. The van der Waals surface area contributed by atoms with Gasteiger partial charge >= 0.3 is 0 Å². The predicted octanol–water partition coefficient (Wildman–Crippen LogP) is 13.6. The molecule has 238 valence electrons. The normalized spacial score (nSPS) is 11.9. The summed E-state index contributed by atoms with van der Waals surface area (Å²) >= 11 is 0. The molecule has 0 aliphatic heterocycles. The van der Waals surface area contributed by atoms with Gasteiger partial charge in [-0.3, -0.25) is 0 Å². The van der Waals surface area contributed by atoms with Crippen LogP contribution in [0.25, 0.3) is 81.7 Å². The summed E-state index contributed by atoms with van der Waals surface area (Å²) in [6, 6.07) is 65.6. The summed E-state index contributed by atoms with van der Waals surface area (Å²) in [7, 11) is 0. The molecule has 2 aromatic heterocycles. The molecule has 0 saturated carbocycles. The standard InChI is InChI=1S/C48H30N2O/c1-2-14-35(15-3-1)49(38-23-27-46-42(29-38)41-24-19-33-12-7-9-17-40(33)48(41)51-46)37-22-26-44-43(30-37)47-39-16-8-6-11-32(39)20-25-45(47)50(44)36-21-18-31-10-4-5-13-34(31)28-36/h1-30H. The smallest absolute Gasteiger partial charge is 0.143 e. The lowest BCUT2D eigenvalue weighted by molar-refractivity contribution is 0.672. The van der Waals surface area contributed by atoms with Crippen molar-refractivity contribution in [1.29, 1.82) is 0 Å². The molecule has 51 heavy (non-hydrogen) atoms. The summed E-state index contributed by atoms with van der Waals surface area (Å²) in [6.45, 7) is 0. The number of fused-ring (bicyclic) bond motifs is 11. The molecule has 0 fully saturated rings. The molecular formula is C48H30N2O. The Balaban J connectivity index is 1.17. The molecule has 3 nitrogen and oxygen atoms in total. The number of furan rings is 1. The Morgan fingerprint density at radius 2 is 1.00 bits per heavy atom. The van der Waals surface area contributed by atoms with Crippen molar-refractivity contribution >= 4 is 93.1 Å². The van der Waals surface area contributed by atoms with Crippen LogP contribution in [0.5, 0.6) is 0 Å². The van der Waals surface area contributed by atoms with Gasteiger partial charge in [0.1, 0.15) is 11.2 Å². The first-order valence-electron chi connectivity index (χ1n) is 17.4. The number of hydrogen-bond donors (Lipinski definition) is 0. The van der Waals surface area contributed by atoms with Crippen LogP contribution >= 0.6 is 0 Å². The Bertz CT molecular complexity index is 3150. The van der Waals surface area contributed by atoms with Gasteiger partial charge in [0.15, 0.2) is 0 Å². The molecule has 0 atom stereocenters. The fourth-order valence-corrected chi connectivity index (χ4v) is 8.17. The average Bonchev–Trinajstić information content (AvgIpc) is 3.74. The van der Waals surface area contributed by atoms with Crippen molar-refractivity contribution < 1.29 is 4.42 Å². The van der Waals surface area contributed by atoms with Crippen molar-refractivity contribution in [3.05, 3.63) is 182 Å². The van der Waals surface area contributed by atoms with E-state index in [2.05, 4.69) is 191 Å². The highest BCUT2D eigenvalue weighted by atomic mass is 16.3. The van der Waals surface area contributed by atoms with Gasteiger partial charge in [-0.2, -0.15) is 0 Å². The van der Waals surface area contributed by atoms with Crippen LogP contribution in [0.3, 0.4) is 0 Å². The van der Waals surface area contributed by atoms with E-state index in [4.69, 9.17) is 4.42 Å². The zero-order chi connectivity index (χ0) is 33.5. The maximum absolute atomic E-state index is 6.51. The van der Waals surface area contributed by atoms with E-state index in [1.165, 1.54) is 48.7 Å². The SMILES string of the molecule is c1ccc(N(c2ccc3oc4c5ccccc5ccc4c3c2)c2ccc3c(c2)c2c4ccccc4ccc2n3-c2ccc3ccccc3c2)cc1. The summed E-state index contributed by atoms with van der Waals surface area (Å²) in [4.78, 5) is 2.36. The number of hydrogen-bond acceptors (Lipinski definition) is 2. The summed E-state index contributed by atoms with van der Waals surface area (Å²) in [6.07, 6.45) is 0.